The first-order valence-electron chi connectivity index (χ1n) is 7.58. The fourth-order valence-corrected chi connectivity index (χ4v) is 4.41. The highest BCUT2D eigenvalue weighted by atomic mass is 35.5. The molecular formula is C16H22ClNO3. The smallest absolute Gasteiger partial charge is 0.228 e. The van der Waals surface area contributed by atoms with Crippen LogP contribution >= 0.6 is 11.6 Å². The molecule has 116 valence electrons. The van der Waals surface area contributed by atoms with Crippen molar-refractivity contribution in [1.82, 2.24) is 5.32 Å². The second kappa shape index (κ2) is 5.03. The van der Waals surface area contributed by atoms with Crippen LogP contribution in [-0.4, -0.2) is 34.1 Å². The van der Waals surface area contributed by atoms with E-state index in [0.717, 1.165) is 19.3 Å². The zero-order valence-corrected chi connectivity index (χ0v) is 13.0. The molecule has 1 aliphatic carbocycles. The van der Waals surface area contributed by atoms with Gasteiger partial charge in [-0.1, -0.05) is 18.7 Å². The second-order valence-corrected chi connectivity index (χ2v) is 6.81. The summed E-state index contributed by atoms with van der Waals surface area (Å²) in [5.74, 6) is 0.424. The summed E-state index contributed by atoms with van der Waals surface area (Å²) in [5.41, 5.74) is -1.64. The largest absolute Gasteiger partial charge is 0.486 e. The normalized spacial score (nSPS) is 42.8. The van der Waals surface area contributed by atoms with Crippen molar-refractivity contribution in [3.63, 3.8) is 0 Å². The van der Waals surface area contributed by atoms with Crippen LogP contribution in [0.1, 0.15) is 32.6 Å². The maximum absolute atomic E-state index is 12.3. The van der Waals surface area contributed by atoms with Gasteiger partial charge in [-0.25, -0.2) is 0 Å². The van der Waals surface area contributed by atoms with Gasteiger partial charge in [0, 0.05) is 11.8 Å². The quantitative estimate of drug-likeness (QED) is 0.617. The van der Waals surface area contributed by atoms with Crippen LogP contribution in [0.5, 0.6) is 0 Å². The van der Waals surface area contributed by atoms with Crippen LogP contribution in [0.15, 0.2) is 24.5 Å². The first-order valence-corrected chi connectivity index (χ1v) is 8.12. The average Bonchev–Trinajstić information content (AvgIpc) is 2.65. The van der Waals surface area contributed by atoms with Gasteiger partial charge in [-0.2, -0.15) is 0 Å². The Hall–Kier alpha value is -1.00. The predicted octanol–water partition coefficient (Wildman–Crippen LogP) is 2.12. The Balaban J connectivity index is 1.94. The van der Waals surface area contributed by atoms with E-state index in [0.29, 0.717) is 18.1 Å². The molecule has 4 nitrogen and oxygen atoms in total. The lowest BCUT2D eigenvalue weighted by Crippen LogP contribution is -2.75. The molecule has 5 heteroatoms. The Morgan fingerprint density at radius 2 is 2.43 bits per heavy atom. The highest BCUT2D eigenvalue weighted by Gasteiger charge is 2.75. The zero-order valence-electron chi connectivity index (χ0n) is 12.3. The summed E-state index contributed by atoms with van der Waals surface area (Å²) in [4.78, 5) is 12.3. The number of carbonyl (C=O) groups is 1. The van der Waals surface area contributed by atoms with Gasteiger partial charge in [0.05, 0.1) is 12.0 Å². The number of amides is 1. The van der Waals surface area contributed by atoms with E-state index in [1.165, 1.54) is 0 Å². The maximum Gasteiger partial charge on any atom is 0.228 e. The number of aliphatic hydroxyl groups is 1. The van der Waals surface area contributed by atoms with E-state index < -0.39 is 17.2 Å². The Labute approximate surface area is 130 Å². The zero-order chi connectivity index (χ0) is 15.3. The standard InChI is InChI=1S/C16H22ClNO3/c1-10-16(13(19)11-6-4-3-5-7-11)15(2,21-10)12(8-9-17)14(20)18-16/h4,6,11-13,19H,1,3,5,7-9H2,2H3,(H,18,20)/t11-,12+,13+,15+,16-/m1/s1. The van der Waals surface area contributed by atoms with E-state index in [-0.39, 0.29) is 17.7 Å². The summed E-state index contributed by atoms with van der Waals surface area (Å²) >= 11 is 5.82. The Kier molecular flexibility index (Phi) is 3.57. The van der Waals surface area contributed by atoms with Crippen LogP contribution in [0.4, 0.5) is 0 Å². The summed E-state index contributed by atoms with van der Waals surface area (Å²) in [6.07, 6.45) is 6.98. The molecule has 2 saturated heterocycles. The number of alkyl halides is 1. The SMILES string of the molecule is C=C1O[C@@]2(C)[C@@H](CCCl)C(=O)N[C@@]12[C@@H](O)[C@@H]1C=CCCC1. The third kappa shape index (κ3) is 1.82. The predicted molar refractivity (Wildman–Crippen MR) is 80.8 cm³/mol. The molecule has 2 aliphatic heterocycles. The number of hydrogen-bond donors (Lipinski definition) is 2. The summed E-state index contributed by atoms with van der Waals surface area (Å²) in [6.45, 7) is 5.79. The van der Waals surface area contributed by atoms with Crippen molar-refractivity contribution in [2.24, 2.45) is 11.8 Å². The molecule has 0 aromatic heterocycles. The first-order chi connectivity index (χ1) is 9.97. The van der Waals surface area contributed by atoms with Gasteiger partial charge in [-0.3, -0.25) is 4.79 Å². The highest BCUT2D eigenvalue weighted by molar-refractivity contribution is 6.18. The minimum atomic E-state index is -0.882. The molecule has 3 aliphatic rings. The minimum Gasteiger partial charge on any atom is -0.486 e. The molecule has 0 unspecified atom stereocenters. The summed E-state index contributed by atoms with van der Waals surface area (Å²) in [6, 6.07) is 0. The van der Waals surface area contributed by atoms with Crippen molar-refractivity contribution < 1.29 is 14.6 Å². The lowest BCUT2D eigenvalue weighted by molar-refractivity contribution is -0.201. The van der Waals surface area contributed by atoms with Crippen LogP contribution in [0.25, 0.3) is 0 Å². The Morgan fingerprint density at radius 1 is 1.67 bits per heavy atom. The number of carbonyl (C=O) groups excluding carboxylic acids is 1. The van der Waals surface area contributed by atoms with Gasteiger partial charge in [0.25, 0.3) is 0 Å². The molecule has 2 N–H and O–H groups in total. The van der Waals surface area contributed by atoms with Gasteiger partial charge in [-0.15, -0.1) is 11.6 Å². The molecule has 0 saturated carbocycles. The topological polar surface area (TPSA) is 58.6 Å². The van der Waals surface area contributed by atoms with Gasteiger partial charge in [0.15, 0.2) is 11.1 Å². The third-order valence-electron chi connectivity index (χ3n) is 5.40. The van der Waals surface area contributed by atoms with Gasteiger partial charge >= 0.3 is 0 Å². The molecule has 3 rings (SSSR count). The molecular weight excluding hydrogens is 290 g/mol. The van der Waals surface area contributed by atoms with Crippen LogP contribution in [0.3, 0.4) is 0 Å². The average molecular weight is 312 g/mol. The van der Waals surface area contributed by atoms with Crippen molar-refractivity contribution in [2.45, 2.75) is 49.9 Å². The number of aliphatic hydroxyl groups excluding tert-OH is 1. The molecule has 0 radical (unpaired) electrons. The monoisotopic (exact) mass is 311 g/mol. The molecule has 0 aromatic carbocycles. The van der Waals surface area contributed by atoms with E-state index >= 15 is 0 Å². The van der Waals surface area contributed by atoms with Crippen LogP contribution in [-0.2, 0) is 9.53 Å². The van der Waals surface area contributed by atoms with E-state index in [2.05, 4.69) is 24.0 Å². The van der Waals surface area contributed by atoms with E-state index in [9.17, 15) is 9.90 Å². The molecule has 1 amide bonds. The van der Waals surface area contributed by atoms with Crippen LogP contribution < -0.4 is 5.32 Å². The molecule has 2 heterocycles. The minimum absolute atomic E-state index is 0.0220. The molecule has 0 aromatic rings. The van der Waals surface area contributed by atoms with Crippen LogP contribution in [0, 0.1) is 11.8 Å². The van der Waals surface area contributed by atoms with Gasteiger partial charge in [0.2, 0.25) is 5.91 Å². The second-order valence-electron chi connectivity index (χ2n) is 6.43. The van der Waals surface area contributed by atoms with Crippen molar-refractivity contribution in [3.05, 3.63) is 24.5 Å². The molecule has 5 atom stereocenters. The summed E-state index contributed by atoms with van der Waals surface area (Å²) in [7, 11) is 0. The number of hydrogen-bond acceptors (Lipinski definition) is 3. The Morgan fingerprint density at radius 3 is 3.00 bits per heavy atom. The fourth-order valence-electron chi connectivity index (χ4n) is 4.19. The summed E-state index contributed by atoms with van der Waals surface area (Å²) in [5, 5.41) is 13.9. The third-order valence-corrected chi connectivity index (χ3v) is 5.62. The molecule has 0 spiro atoms. The number of nitrogens with one attached hydrogen (secondary N) is 1. The fraction of sp³-hybridized carbons (Fsp3) is 0.688. The van der Waals surface area contributed by atoms with Crippen molar-refractivity contribution >= 4 is 17.5 Å². The number of halogens is 1. The lowest BCUT2D eigenvalue weighted by atomic mass is 9.63. The molecule has 21 heavy (non-hydrogen) atoms. The van der Waals surface area contributed by atoms with Crippen molar-refractivity contribution in [2.75, 3.05) is 5.88 Å². The van der Waals surface area contributed by atoms with E-state index in [1.54, 1.807) is 0 Å². The molecule has 0 bridgehead atoms. The number of allylic oxidation sites excluding steroid dienone is 1. The Bertz CT molecular complexity index is 506. The number of ether oxygens (including phenoxy) is 1. The molecule has 2 fully saturated rings. The van der Waals surface area contributed by atoms with E-state index in [4.69, 9.17) is 16.3 Å². The van der Waals surface area contributed by atoms with E-state index in [1.807, 2.05) is 6.92 Å². The highest BCUT2D eigenvalue weighted by Crippen LogP contribution is 2.57. The maximum atomic E-state index is 12.3. The van der Waals surface area contributed by atoms with Crippen LogP contribution in [0.2, 0.25) is 0 Å². The lowest BCUT2D eigenvalue weighted by Gasteiger charge is -2.58. The number of fused-ring (bicyclic) bond motifs is 1. The number of rotatable bonds is 4. The van der Waals surface area contributed by atoms with Gasteiger partial charge < -0.3 is 15.2 Å². The summed E-state index contributed by atoms with van der Waals surface area (Å²) < 4.78 is 5.78. The van der Waals surface area contributed by atoms with Crippen molar-refractivity contribution in [1.29, 1.82) is 0 Å². The first kappa shape index (κ1) is 14.9. The van der Waals surface area contributed by atoms with Gasteiger partial charge in [-0.05, 0) is 32.6 Å². The van der Waals surface area contributed by atoms with Crippen molar-refractivity contribution in [3.8, 4) is 0 Å². The van der Waals surface area contributed by atoms with Gasteiger partial charge in [0.1, 0.15) is 5.76 Å².